The lowest BCUT2D eigenvalue weighted by Crippen LogP contribution is -2.11. The molecule has 3 nitrogen and oxygen atoms in total. The number of hydrogen-bond acceptors (Lipinski definition) is 3. The normalized spacial score (nSPS) is 12.5. The first-order chi connectivity index (χ1) is 6.13. The Morgan fingerprint density at radius 1 is 1.54 bits per heavy atom. The Morgan fingerprint density at radius 3 is 2.85 bits per heavy atom. The van der Waals surface area contributed by atoms with Crippen molar-refractivity contribution >= 4 is 0 Å². The van der Waals surface area contributed by atoms with E-state index in [4.69, 9.17) is 4.74 Å². The van der Waals surface area contributed by atoms with Crippen molar-refractivity contribution in [1.82, 2.24) is 4.98 Å². The van der Waals surface area contributed by atoms with E-state index in [1.165, 1.54) is 0 Å². The van der Waals surface area contributed by atoms with Crippen LogP contribution in [0.3, 0.4) is 0 Å². The molecule has 72 valence electrons. The summed E-state index contributed by atoms with van der Waals surface area (Å²) in [4.78, 5) is 4.09. The van der Waals surface area contributed by atoms with Gasteiger partial charge in [0, 0.05) is 5.69 Å². The number of aromatic hydroxyl groups is 1. The molecule has 0 aliphatic carbocycles. The first-order valence-corrected chi connectivity index (χ1v) is 4.46. The smallest absolute Gasteiger partial charge is 0.257 e. The van der Waals surface area contributed by atoms with E-state index in [0.717, 1.165) is 12.1 Å². The standard InChI is InChI=1S/C10H15NO2/c1-4-8(3)13-10-9(12)6-5-7(2)11-10/h5-6,8,12H,4H2,1-3H3/t8-/m1/s1. The molecule has 0 aliphatic heterocycles. The molecule has 0 saturated carbocycles. The largest absolute Gasteiger partial charge is 0.503 e. The molecule has 1 atom stereocenters. The van der Waals surface area contributed by atoms with Gasteiger partial charge in [0.1, 0.15) is 0 Å². The van der Waals surface area contributed by atoms with Crippen LogP contribution in [0.25, 0.3) is 0 Å². The second-order valence-corrected chi connectivity index (χ2v) is 3.11. The lowest BCUT2D eigenvalue weighted by molar-refractivity contribution is 0.199. The first kappa shape index (κ1) is 9.84. The molecule has 0 aliphatic rings. The van der Waals surface area contributed by atoms with Gasteiger partial charge in [-0.3, -0.25) is 0 Å². The second kappa shape index (κ2) is 4.12. The Kier molecular flexibility index (Phi) is 3.12. The topological polar surface area (TPSA) is 42.4 Å². The average molecular weight is 181 g/mol. The highest BCUT2D eigenvalue weighted by Gasteiger charge is 2.07. The molecule has 0 spiro atoms. The van der Waals surface area contributed by atoms with Crippen LogP contribution in [0.1, 0.15) is 26.0 Å². The Hall–Kier alpha value is -1.25. The van der Waals surface area contributed by atoms with Crippen LogP contribution in [-0.4, -0.2) is 16.2 Å². The fourth-order valence-electron chi connectivity index (χ4n) is 0.886. The van der Waals surface area contributed by atoms with E-state index in [1.54, 1.807) is 12.1 Å². The first-order valence-electron chi connectivity index (χ1n) is 4.46. The van der Waals surface area contributed by atoms with Crippen molar-refractivity contribution in [2.24, 2.45) is 0 Å². The zero-order valence-electron chi connectivity index (χ0n) is 8.24. The van der Waals surface area contributed by atoms with Crippen LogP contribution in [0.5, 0.6) is 11.6 Å². The van der Waals surface area contributed by atoms with Crippen molar-refractivity contribution in [1.29, 1.82) is 0 Å². The van der Waals surface area contributed by atoms with Crippen LogP contribution in [0.4, 0.5) is 0 Å². The summed E-state index contributed by atoms with van der Waals surface area (Å²) in [6.45, 7) is 5.84. The summed E-state index contributed by atoms with van der Waals surface area (Å²) in [6, 6.07) is 3.35. The van der Waals surface area contributed by atoms with E-state index in [1.807, 2.05) is 20.8 Å². The van der Waals surface area contributed by atoms with Crippen molar-refractivity contribution in [2.45, 2.75) is 33.3 Å². The van der Waals surface area contributed by atoms with Gasteiger partial charge in [0.25, 0.3) is 5.88 Å². The maximum atomic E-state index is 9.39. The van der Waals surface area contributed by atoms with E-state index in [2.05, 4.69) is 4.98 Å². The van der Waals surface area contributed by atoms with Gasteiger partial charge < -0.3 is 9.84 Å². The van der Waals surface area contributed by atoms with E-state index >= 15 is 0 Å². The molecule has 1 N–H and O–H groups in total. The summed E-state index contributed by atoms with van der Waals surface area (Å²) in [5.41, 5.74) is 0.844. The third-order valence-electron chi connectivity index (χ3n) is 1.87. The van der Waals surface area contributed by atoms with Crippen LogP contribution in [0.2, 0.25) is 0 Å². The van der Waals surface area contributed by atoms with Crippen molar-refractivity contribution in [2.75, 3.05) is 0 Å². The molecule has 0 amide bonds. The van der Waals surface area contributed by atoms with Gasteiger partial charge in [0.15, 0.2) is 5.75 Å². The minimum Gasteiger partial charge on any atom is -0.503 e. The number of rotatable bonds is 3. The molecule has 1 aromatic rings. The molecule has 0 aromatic carbocycles. The molecule has 0 saturated heterocycles. The molecular formula is C10H15NO2. The third kappa shape index (κ3) is 2.61. The quantitative estimate of drug-likeness (QED) is 0.777. The molecule has 0 fully saturated rings. The summed E-state index contributed by atoms with van der Waals surface area (Å²) in [5.74, 6) is 0.431. The van der Waals surface area contributed by atoms with Gasteiger partial charge in [-0.05, 0) is 32.4 Å². The summed E-state index contributed by atoms with van der Waals surface area (Å²) >= 11 is 0. The number of nitrogens with zero attached hydrogens (tertiary/aromatic N) is 1. The summed E-state index contributed by atoms with van der Waals surface area (Å²) in [5, 5.41) is 9.39. The highest BCUT2D eigenvalue weighted by molar-refractivity contribution is 5.32. The Bertz CT molecular complexity index is 286. The van der Waals surface area contributed by atoms with Crippen LogP contribution < -0.4 is 4.74 Å². The molecule has 1 aromatic heterocycles. The fourth-order valence-corrected chi connectivity index (χ4v) is 0.886. The Balaban J connectivity index is 2.81. The average Bonchev–Trinajstić information content (AvgIpc) is 2.11. The lowest BCUT2D eigenvalue weighted by atomic mass is 10.3. The lowest BCUT2D eigenvalue weighted by Gasteiger charge is -2.12. The number of ether oxygens (including phenoxy) is 1. The molecule has 0 unspecified atom stereocenters. The van der Waals surface area contributed by atoms with Gasteiger partial charge in [0.05, 0.1) is 6.10 Å². The van der Waals surface area contributed by atoms with Crippen molar-refractivity contribution < 1.29 is 9.84 Å². The summed E-state index contributed by atoms with van der Waals surface area (Å²) in [7, 11) is 0. The number of hydrogen-bond donors (Lipinski definition) is 1. The maximum Gasteiger partial charge on any atom is 0.257 e. The van der Waals surface area contributed by atoms with Gasteiger partial charge in [0.2, 0.25) is 0 Å². The third-order valence-corrected chi connectivity index (χ3v) is 1.87. The SMILES string of the molecule is CC[C@@H](C)Oc1nc(C)ccc1O. The second-order valence-electron chi connectivity index (χ2n) is 3.11. The molecule has 0 bridgehead atoms. The summed E-state index contributed by atoms with van der Waals surface area (Å²) < 4.78 is 5.41. The highest BCUT2D eigenvalue weighted by atomic mass is 16.5. The van der Waals surface area contributed by atoms with Crippen LogP contribution >= 0.6 is 0 Å². The molecule has 1 heterocycles. The van der Waals surface area contributed by atoms with Gasteiger partial charge in [-0.25, -0.2) is 4.98 Å². The zero-order chi connectivity index (χ0) is 9.84. The fraction of sp³-hybridized carbons (Fsp3) is 0.500. The van der Waals surface area contributed by atoms with E-state index < -0.39 is 0 Å². The Labute approximate surface area is 78.4 Å². The minimum absolute atomic E-state index is 0.0835. The van der Waals surface area contributed by atoms with Crippen LogP contribution in [-0.2, 0) is 0 Å². The van der Waals surface area contributed by atoms with Gasteiger partial charge in [-0.1, -0.05) is 6.92 Å². The van der Waals surface area contributed by atoms with Gasteiger partial charge in [-0.2, -0.15) is 0 Å². The zero-order valence-corrected chi connectivity index (χ0v) is 8.24. The number of aryl methyl sites for hydroxylation is 1. The molecular weight excluding hydrogens is 166 g/mol. The molecule has 0 radical (unpaired) electrons. The maximum absolute atomic E-state index is 9.39. The van der Waals surface area contributed by atoms with E-state index in [-0.39, 0.29) is 11.9 Å². The van der Waals surface area contributed by atoms with E-state index in [0.29, 0.717) is 5.88 Å². The molecule has 3 heteroatoms. The summed E-state index contributed by atoms with van der Waals surface area (Å²) in [6.07, 6.45) is 0.981. The predicted molar refractivity (Wildman–Crippen MR) is 51.0 cm³/mol. The van der Waals surface area contributed by atoms with Crippen molar-refractivity contribution in [3.05, 3.63) is 17.8 Å². The highest BCUT2D eigenvalue weighted by Crippen LogP contribution is 2.24. The van der Waals surface area contributed by atoms with E-state index in [9.17, 15) is 5.11 Å². The monoisotopic (exact) mass is 181 g/mol. The van der Waals surface area contributed by atoms with Crippen LogP contribution in [0, 0.1) is 6.92 Å². The minimum atomic E-state index is 0.0835. The molecule has 13 heavy (non-hydrogen) atoms. The van der Waals surface area contributed by atoms with Gasteiger partial charge >= 0.3 is 0 Å². The van der Waals surface area contributed by atoms with Crippen LogP contribution in [0.15, 0.2) is 12.1 Å². The van der Waals surface area contributed by atoms with Gasteiger partial charge in [-0.15, -0.1) is 0 Å². The van der Waals surface area contributed by atoms with Crippen molar-refractivity contribution in [3.63, 3.8) is 0 Å². The van der Waals surface area contributed by atoms with Crippen molar-refractivity contribution in [3.8, 4) is 11.6 Å². The molecule has 1 rings (SSSR count). The Morgan fingerprint density at radius 2 is 2.23 bits per heavy atom. The number of aromatic nitrogens is 1. The number of pyridine rings is 1. The predicted octanol–water partition coefficient (Wildman–Crippen LogP) is 2.27.